The average molecular weight is 493 g/mol. The number of benzene rings is 2. The quantitative estimate of drug-likeness (QED) is 0.374. The summed E-state index contributed by atoms with van der Waals surface area (Å²) in [5.41, 5.74) is 3.56. The number of sulfonamides is 1. The molecule has 2 aromatic carbocycles. The first-order valence-corrected chi connectivity index (χ1v) is 12.6. The molecule has 0 bridgehead atoms. The normalized spacial score (nSPS) is 13.5. The van der Waals surface area contributed by atoms with E-state index in [0.29, 0.717) is 34.8 Å². The van der Waals surface area contributed by atoms with Gasteiger partial charge in [0, 0.05) is 17.9 Å². The van der Waals surface area contributed by atoms with Gasteiger partial charge in [-0.2, -0.15) is 0 Å². The molecule has 5 rings (SSSR count). The Morgan fingerprint density at radius 2 is 1.97 bits per heavy atom. The summed E-state index contributed by atoms with van der Waals surface area (Å²) in [7, 11) is -2.24. The van der Waals surface area contributed by atoms with E-state index in [9.17, 15) is 13.2 Å². The minimum Gasteiger partial charge on any atom is -0.444 e. The van der Waals surface area contributed by atoms with Crippen molar-refractivity contribution in [1.29, 1.82) is 0 Å². The van der Waals surface area contributed by atoms with Crippen LogP contribution in [0.3, 0.4) is 0 Å². The Morgan fingerprint density at radius 1 is 1.14 bits per heavy atom. The standard InChI is InChI=1S/C24H24N6O4S/c1-25-35(32,33)18-10-5-9-17(13-18)28-22-20-21-19(29-23(20)27-15-26-22)11-6-12-30(21)24(31)34-14-16-7-3-2-4-8-16/h2-5,7-10,13,15,25H,6,11-12,14H2,1H3,(H2,26,27,28,29). The average Bonchev–Trinajstić information content (AvgIpc) is 3.28. The highest BCUT2D eigenvalue weighted by Crippen LogP contribution is 2.39. The maximum absolute atomic E-state index is 13.1. The van der Waals surface area contributed by atoms with Crippen LogP contribution in [-0.4, -0.2) is 43.1 Å². The van der Waals surface area contributed by atoms with Gasteiger partial charge in [0.15, 0.2) is 0 Å². The second-order valence-electron chi connectivity index (χ2n) is 8.05. The molecule has 3 heterocycles. The van der Waals surface area contributed by atoms with Gasteiger partial charge in [-0.1, -0.05) is 36.4 Å². The van der Waals surface area contributed by atoms with Crippen molar-refractivity contribution in [3.8, 4) is 0 Å². The summed E-state index contributed by atoms with van der Waals surface area (Å²) in [6.07, 6.45) is 2.50. The summed E-state index contributed by atoms with van der Waals surface area (Å²) in [4.78, 5) is 26.9. The van der Waals surface area contributed by atoms with Crippen LogP contribution in [0.25, 0.3) is 11.0 Å². The summed E-state index contributed by atoms with van der Waals surface area (Å²) in [5, 5.41) is 3.83. The van der Waals surface area contributed by atoms with Gasteiger partial charge in [0.25, 0.3) is 0 Å². The van der Waals surface area contributed by atoms with Crippen LogP contribution in [0.4, 0.5) is 22.0 Å². The van der Waals surface area contributed by atoms with Crippen molar-refractivity contribution in [2.45, 2.75) is 24.3 Å². The van der Waals surface area contributed by atoms with Crippen LogP contribution in [0.15, 0.2) is 65.8 Å². The van der Waals surface area contributed by atoms with Crippen LogP contribution in [0, 0.1) is 0 Å². The fraction of sp³-hybridized carbons (Fsp3) is 0.208. The Kier molecular flexibility index (Phi) is 6.10. The number of anilines is 3. The maximum atomic E-state index is 13.1. The third-order valence-corrected chi connectivity index (χ3v) is 7.23. The van der Waals surface area contributed by atoms with E-state index in [-0.39, 0.29) is 11.5 Å². The summed E-state index contributed by atoms with van der Waals surface area (Å²) < 4.78 is 32.4. The summed E-state index contributed by atoms with van der Waals surface area (Å²) >= 11 is 0. The van der Waals surface area contributed by atoms with Gasteiger partial charge < -0.3 is 15.0 Å². The molecule has 0 spiro atoms. The number of aromatic amines is 1. The third kappa shape index (κ3) is 4.55. The van der Waals surface area contributed by atoms with E-state index in [1.54, 1.807) is 17.0 Å². The monoisotopic (exact) mass is 492 g/mol. The van der Waals surface area contributed by atoms with Crippen LogP contribution >= 0.6 is 0 Å². The van der Waals surface area contributed by atoms with Crippen molar-refractivity contribution in [1.82, 2.24) is 19.7 Å². The first kappa shape index (κ1) is 22.8. The fourth-order valence-corrected chi connectivity index (χ4v) is 4.91. The number of hydrogen-bond donors (Lipinski definition) is 3. The molecule has 0 fully saturated rings. The van der Waals surface area contributed by atoms with Crippen LogP contribution in [-0.2, 0) is 27.8 Å². The Labute approximate surface area is 202 Å². The summed E-state index contributed by atoms with van der Waals surface area (Å²) in [5.74, 6) is 0.453. The maximum Gasteiger partial charge on any atom is 0.414 e. The Bertz CT molecular complexity index is 1490. The molecule has 11 heteroatoms. The second-order valence-corrected chi connectivity index (χ2v) is 9.94. The SMILES string of the molecule is CNS(=O)(=O)c1cccc(Nc2ncnc3[nH]c4c(c23)N(C(=O)OCc2ccccc2)CCC4)c1. The van der Waals surface area contributed by atoms with Gasteiger partial charge in [0.05, 0.1) is 16.0 Å². The van der Waals surface area contributed by atoms with Crippen molar-refractivity contribution in [3.05, 3.63) is 72.2 Å². The lowest BCUT2D eigenvalue weighted by Gasteiger charge is -2.27. The van der Waals surface area contributed by atoms with Gasteiger partial charge in [-0.05, 0) is 43.7 Å². The highest BCUT2D eigenvalue weighted by atomic mass is 32.2. The van der Waals surface area contributed by atoms with Gasteiger partial charge >= 0.3 is 6.09 Å². The van der Waals surface area contributed by atoms with Crippen molar-refractivity contribution >= 4 is 44.3 Å². The minimum atomic E-state index is -3.61. The van der Waals surface area contributed by atoms with Gasteiger partial charge in [0.1, 0.15) is 24.4 Å². The fourth-order valence-electron chi connectivity index (χ4n) is 4.13. The molecule has 0 saturated heterocycles. The smallest absolute Gasteiger partial charge is 0.414 e. The molecular weight excluding hydrogens is 468 g/mol. The van der Waals surface area contributed by atoms with E-state index in [1.165, 1.54) is 25.5 Å². The molecule has 0 saturated carbocycles. The van der Waals surface area contributed by atoms with E-state index in [1.807, 2.05) is 30.3 Å². The lowest BCUT2D eigenvalue weighted by molar-refractivity contribution is 0.146. The van der Waals surface area contributed by atoms with E-state index in [2.05, 4.69) is 25.0 Å². The molecule has 1 amide bonds. The largest absolute Gasteiger partial charge is 0.444 e. The molecule has 2 aromatic heterocycles. The molecule has 0 aliphatic carbocycles. The van der Waals surface area contributed by atoms with Crippen molar-refractivity contribution in [2.75, 3.05) is 23.8 Å². The topological polar surface area (TPSA) is 129 Å². The molecule has 1 aliphatic heterocycles. The molecule has 4 aromatic rings. The van der Waals surface area contributed by atoms with E-state index in [4.69, 9.17) is 4.74 Å². The minimum absolute atomic E-state index is 0.123. The van der Waals surface area contributed by atoms with Crippen molar-refractivity contribution in [3.63, 3.8) is 0 Å². The molecular formula is C24H24N6O4S. The van der Waals surface area contributed by atoms with Gasteiger partial charge in [-0.15, -0.1) is 0 Å². The summed E-state index contributed by atoms with van der Waals surface area (Å²) in [6, 6.07) is 15.9. The second kappa shape index (κ2) is 9.35. The van der Waals surface area contributed by atoms with Crippen molar-refractivity contribution < 1.29 is 17.9 Å². The number of aryl methyl sites for hydroxylation is 1. The number of rotatable bonds is 6. The zero-order valence-corrected chi connectivity index (χ0v) is 19.8. The Hall–Kier alpha value is -3.96. The summed E-state index contributed by atoms with van der Waals surface area (Å²) in [6.45, 7) is 0.667. The Balaban J connectivity index is 1.49. The molecule has 0 atom stereocenters. The molecule has 3 N–H and O–H groups in total. The van der Waals surface area contributed by atoms with Crippen LogP contribution < -0.4 is 14.9 Å². The van der Waals surface area contributed by atoms with Crippen LogP contribution in [0.2, 0.25) is 0 Å². The number of amides is 1. The molecule has 0 radical (unpaired) electrons. The van der Waals surface area contributed by atoms with Gasteiger partial charge in [0.2, 0.25) is 10.0 Å². The number of carbonyl (C=O) groups excluding carboxylic acids is 1. The predicted octanol–water partition coefficient (Wildman–Crippen LogP) is 3.70. The molecule has 35 heavy (non-hydrogen) atoms. The number of carbonyl (C=O) groups is 1. The number of nitrogens with zero attached hydrogens (tertiary/aromatic N) is 3. The number of hydrogen-bond acceptors (Lipinski definition) is 7. The number of nitrogens with one attached hydrogen (secondary N) is 3. The molecule has 180 valence electrons. The number of H-pyrrole nitrogens is 1. The van der Waals surface area contributed by atoms with E-state index < -0.39 is 16.1 Å². The number of fused-ring (bicyclic) bond motifs is 3. The predicted molar refractivity (Wildman–Crippen MR) is 132 cm³/mol. The van der Waals surface area contributed by atoms with E-state index >= 15 is 0 Å². The van der Waals surface area contributed by atoms with Crippen LogP contribution in [0.5, 0.6) is 0 Å². The first-order chi connectivity index (χ1) is 17.0. The lowest BCUT2D eigenvalue weighted by atomic mass is 10.1. The van der Waals surface area contributed by atoms with E-state index in [0.717, 1.165) is 24.1 Å². The molecule has 0 unspecified atom stereocenters. The van der Waals surface area contributed by atoms with Crippen LogP contribution in [0.1, 0.15) is 17.7 Å². The van der Waals surface area contributed by atoms with Crippen molar-refractivity contribution in [2.24, 2.45) is 0 Å². The molecule has 1 aliphatic rings. The number of aromatic nitrogens is 3. The zero-order valence-electron chi connectivity index (χ0n) is 19.0. The number of ether oxygens (including phenoxy) is 1. The Morgan fingerprint density at radius 3 is 2.77 bits per heavy atom. The highest BCUT2D eigenvalue weighted by molar-refractivity contribution is 7.89. The highest BCUT2D eigenvalue weighted by Gasteiger charge is 2.30. The van der Waals surface area contributed by atoms with Gasteiger partial charge in [-0.3, -0.25) is 4.90 Å². The zero-order chi connectivity index (χ0) is 24.4. The molecule has 10 nitrogen and oxygen atoms in total. The lowest BCUT2D eigenvalue weighted by Crippen LogP contribution is -2.35. The first-order valence-electron chi connectivity index (χ1n) is 11.1. The third-order valence-electron chi connectivity index (χ3n) is 5.82. The van der Waals surface area contributed by atoms with Gasteiger partial charge in [-0.25, -0.2) is 27.9 Å².